The molecule has 18 heavy (non-hydrogen) atoms. The Kier molecular flexibility index (Phi) is 4.43. The largest absolute Gasteiger partial charge is 0.311 e. The molecule has 98 valence electrons. The number of nitrogens with one attached hydrogen (secondary N) is 1. The second-order valence-corrected chi connectivity index (χ2v) is 5.77. The summed E-state index contributed by atoms with van der Waals surface area (Å²) in [6.07, 6.45) is 5.16. The van der Waals surface area contributed by atoms with Crippen molar-refractivity contribution < 1.29 is 0 Å². The quantitative estimate of drug-likeness (QED) is 0.903. The van der Waals surface area contributed by atoms with E-state index in [9.17, 15) is 0 Å². The van der Waals surface area contributed by atoms with Crippen LogP contribution in [0.4, 0.5) is 0 Å². The summed E-state index contributed by atoms with van der Waals surface area (Å²) < 4.78 is 2.04. The summed E-state index contributed by atoms with van der Waals surface area (Å²) in [5, 5.41) is 6.03. The number of nitrogens with zero attached hydrogens (tertiary/aromatic N) is 2. The van der Waals surface area contributed by atoms with Gasteiger partial charge in [0.25, 0.3) is 0 Å². The van der Waals surface area contributed by atoms with Gasteiger partial charge in [-0.25, -0.2) is 4.98 Å². The van der Waals surface area contributed by atoms with E-state index in [0.29, 0.717) is 11.2 Å². The van der Waals surface area contributed by atoms with E-state index in [1.165, 1.54) is 5.57 Å². The van der Waals surface area contributed by atoms with Gasteiger partial charge in [0, 0.05) is 24.2 Å². The fraction of sp³-hybridized carbons (Fsp3) is 0.462. The highest BCUT2D eigenvalue weighted by molar-refractivity contribution is 7.15. The Morgan fingerprint density at radius 3 is 3.06 bits per heavy atom. The maximum atomic E-state index is 6.18. The molecule has 0 aliphatic rings. The molecule has 0 aliphatic heterocycles. The summed E-state index contributed by atoms with van der Waals surface area (Å²) in [5.41, 5.74) is 2.31. The second-order valence-electron chi connectivity index (χ2n) is 4.54. The van der Waals surface area contributed by atoms with Gasteiger partial charge < -0.3 is 5.32 Å². The van der Waals surface area contributed by atoms with Crippen molar-refractivity contribution in [1.29, 1.82) is 0 Å². The first-order valence-electron chi connectivity index (χ1n) is 6.15. The van der Waals surface area contributed by atoms with Crippen LogP contribution in [-0.2, 0) is 0 Å². The van der Waals surface area contributed by atoms with Crippen molar-refractivity contribution in [1.82, 2.24) is 14.7 Å². The Morgan fingerprint density at radius 2 is 2.39 bits per heavy atom. The van der Waals surface area contributed by atoms with Crippen LogP contribution in [0.15, 0.2) is 17.2 Å². The van der Waals surface area contributed by atoms with Gasteiger partial charge in [-0.3, -0.25) is 4.40 Å². The average Bonchev–Trinajstić information content (AvgIpc) is 2.86. The van der Waals surface area contributed by atoms with E-state index in [1.54, 1.807) is 11.3 Å². The van der Waals surface area contributed by atoms with Crippen LogP contribution < -0.4 is 5.32 Å². The van der Waals surface area contributed by atoms with Crippen molar-refractivity contribution in [2.24, 2.45) is 0 Å². The van der Waals surface area contributed by atoms with Crippen LogP contribution in [0.5, 0.6) is 0 Å². The van der Waals surface area contributed by atoms with E-state index >= 15 is 0 Å². The van der Waals surface area contributed by atoms with Crippen LogP contribution in [0.3, 0.4) is 0 Å². The normalized spacial score (nSPS) is 12.8. The summed E-state index contributed by atoms with van der Waals surface area (Å²) in [4.78, 5) is 5.28. The fourth-order valence-electron chi connectivity index (χ4n) is 1.71. The van der Waals surface area contributed by atoms with E-state index in [2.05, 4.69) is 37.1 Å². The minimum Gasteiger partial charge on any atom is -0.311 e. The van der Waals surface area contributed by atoms with Crippen molar-refractivity contribution in [2.45, 2.75) is 33.2 Å². The van der Waals surface area contributed by atoms with Gasteiger partial charge in [-0.15, -0.1) is 11.3 Å². The number of rotatable bonds is 5. The minimum absolute atomic E-state index is 0.488. The van der Waals surface area contributed by atoms with Gasteiger partial charge in [0.05, 0.1) is 5.69 Å². The van der Waals surface area contributed by atoms with E-state index in [0.717, 1.165) is 23.6 Å². The van der Waals surface area contributed by atoms with E-state index < -0.39 is 0 Å². The third kappa shape index (κ3) is 2.94. The lowest BCUT2D eigenvalue weighted by atomic mass is 10.1. The van der Waals surface area contributed by atoms with Crippen LogP contribution in [0.25, 0.3) is 11.0 Å². The number of imidazole rings is 1. The second kappa shape index (κ2) is 5.87. The van der Waals surface area contributed by atoms with Crippen molar-refractivity contribution in [3.05, 3.63) is 28.0 Å². The summed E-state index contributed by atoms with van der Waals surface area (Å²) in [5.74, 6) is 0. The van der Waals surface area contributed by atoms with Gasteiger partial charge in [-0.1, -0.05) is 37.9 Å². The molecule has 0 fully saturated rings. The molecule has 0 aliphatic carbocycles. The van der Waals surface area contributed by atoms with Gasteiger partial charge in [0.2, 0.25) is 0 Å². The lowest BCUT2D eigenvalue weighted by Crippen LogP contribution is -2.24. The number of hydrogen-bond donors (Lipinski definition) is 1. The predicted molar refractivity (Wildman–Crippen MR) is 79.5 cm³/mol. The molecule has 0 atom stereocenters. The maximum absolute atomic E-state index is 6.18. The zero-order chi connectivity index (χ0) is 13.1. The first kappa shape index (κ1) is 13.6. The predicted octanol–water partition coefficient (Wildman–Crippen LogP) is 3.84. The lowest BCUT2D eigenvalue weighted by molar-refractivity contribution is 0.617. The number of aromatic nitrogens is 2. The van der Waals surface area contributed by atoms with Gasteiger partial charge in [0.15, 0.2) is 10.1 Å². The Bertz CT molecular complexity index is 554. The molecule has 3 nitrogen and oxygen atoms in total. The van der Waals surface area contributed by atoms with Crippen LogP contribution >= 0.6 is 22.9 Å². The molecule has 0 saturated carbocycles. The molecule has 2 aromatic heterocycles. The molecular formula is C13H18ClN3S. The smallest absolute Gasteiger partial charge is 0.195 e. The van der Waals surface area contributed by atoms with Crippen LogP contribution in [0.2, 0.25) is 5.15 Å². The molecule has 0 aromatic carbocycles. The lowest BCUT2D eigenvalue weighted by Gasteiger charge is -2.10. The van der Waals surface area contributed by atoms with Crippen molar-refractivity contribution in [3.8, 4) is 0 Å². The summed E-state index contributed by atoms with van der Waals surface area (Å²) in [6.45, 7) is 7.35. The van der Waals surface area contributed by atoms with E-state index in [-0.39, 0.29) is 0 Å². The molecular weight excluding hydrogens is 266 g/mol. The third-order valence-corrected chi connectivity index (χ3v) is 3.82. The molecule has 0 bridgehead atoms. The molecule has 2 heterocycles. The van der Waals surface area contributed by atoms with E-state index in [4.69, 9.17) is 11.6 Å². The van der Waals surface area contributed by atoms with Gasteiger partial charge in [-0.2, -0.15) is 0 Å². The molecule has 2 rings (SSSR count). The average molecular weight is 284 g/mol. The highest BCUT2D eigenvalue weighted by atomic mass is 35.5. The maximum Gasteiger partial charge on any atom is 0.195 e. The Morgan fingerprint density at radius 1 is 1.61 bits per heavy atom. The highest BCUT2D eigenvalue weighted by Crippen LogP contribution is 2.23. The Hall–Kier alpha value is -0.840. The van der Waals surface area contributed by atoms with Crippen molar-refractivity contribution in [3.63, 3.8) is 0 Å². The SMILES string of the molecule is CCC(=Cc1c(Cl)nc2sccn12)CNC(C)C. The molecule has 0 unspecified atom stereocenters. The molecule has 0 amide bonds. The van der Waals surface area contributed by atoms with Crippen LogP contribution in [0, 0.1) is 0 Å². The summed E-state index contributed by atoms with van der Waals surface area (Å²) in [6, 6.07) is 0.488. The highest BCUT2D eigenvalue weighted by Gasteiger charge is 2.09. The number of fused-ring (bicyclic) bond motifs is 1. The van der Waals surface area contributed by atoms with E-state index in [1.807, 2.05) is 16.0 Å². The molecule has 2 aromatic rings. The molecule has 0 radical (unpaired) electrons. The zero-order valence-electron chi connectivity index (χ0n) is 10.9. The first-order valence-corrected chi connectivity index (χ1v) is 7.41. The molecule has 0 spiro atoms. The topological polar surface area (TPSA) is 29.3 Å². The van der Waals surface area contributed by atoms with Gasteiger partial charge in [-0.05, 0) is 12.5 Å². The standard InChI is InChI=1S/C13H18ClN3S/c1-4-10(8-15-9(2)3)7-11-12(14)16-13-17(11)5-6-18-13/h5-7,9,15H,4,8H2,1-3H3. The summed E-state index contributed by atoms with van der Waals surface area (Å²) in [7, 11) is 0. The van der Waals surface area contributed by atoms with Gasteiger partial charge in [0.1, 0.15) is 0 Å². The van der Waals surface area contributed by atoms with Crippen molar-refractivity contribution in [2.75, 3.05) is 6.54 Å². The molecule has 0 saturated heterocycles. The number of hydrogen-bond acceptors (Lipinski definition) is 3. The molecule has 5 heteroatoms. The number of thiazole rings is 1. The Balaban J connectivity index is 2.28. The van der Waals surface area contributed by atoms with Crippen LogP contribution in [-0.4, -0.2) is 22.0 Å². The van der Waals surface area contributed by atoms with Gasteiger partial charge >= 0.3 is 0 Å². The van der Waals surface area contributed by atoms with Crippen LogP contribution in [0.1, 0.15) is 32.9 Å². The zero-order valence-corrected chi connectivity index (χ0v) is 12.5. The Labute approximate surface area is 116 Å². The van der Waals surface area contributed by atoms with Crippen molar-refractivity contribution >= 4 is 34.0 Å². The third-order valence-electron chi connectivity index (χ3n) is 2.79. The summed E-state index contributed by atoms with van der Waals surface area (Å²) >= 11 is 7.78. The number of halogens is 1. The first-order chi connectivity index (χ1) is 8.61. The monoisotopic (exact) mass is 283 g/mol. The molecule has 1 N–H and O–H groups in total. The fourth-order valence-corrected chi connectivity index (χ4v) is 2.71. The minimum atomic E-state index is 0.488.